The van der Waals surface area contributed by atoms with E-state index < -0.39 is 0 Å². The van der Waals surface area contributed by atoms with Crippen LogP contribution in [0.3, 0.4) is 0 Å². The first-order valence-electron chi connectivity index (χ1n) is 6.99. The SMILES string of the molecule is COc1ccc(-c2cc3ccccc3n2C(C)=O)c(OC)c1. The quantitative estimate of drug-likeness (QED) is 0.733. The smallest absolute Gasteiger partial charge is 0.228 e. The molecule has 0 N–H and O–H groups in total. The lowest BCUT2D eigenvalue weighted by molar-refractivity contribution is 0.0943. The zero-order valence-electron chi connectivity index (χ0n) is 12.8. The monoisotopic (exact) mass is 295 g/mol. The number of methoxy groups -OCH3 is 2. The van der Waals surface area contributed by atoms with Gasteiger partial charge in [0.15, 0.2) is 0 Å². The summed E-state index contributed by atoms with van der Waals surface area (Å²) in [7, 11) is 3.22. The number of rotatable bonds is 3. The van der Waals surface area contributed by atoms with Crippen LogP contribution in [0.15, 0.2) is 48.5 Å². The Labute approximate surface area is 128 Å². The summed E-state index contributed by atoms with van der Waals surface area (Å²) in [6.45, 7) is 1.56. The van der Waals surface area contributed by atoms with Gasteiger partial charge in [0.1, 0.15) is 11.5 Å². The van der Waals surface area contributed by atoms with E-state index in [4.69, 9.17) is 9.47 Å². The first kappa shape index (κ1) is 14.2. The summed E-state index contributed by atoms with van der Waals surface area (Å²) in [6, 6.07) is 15.4. The van der Waals surface area contributed by atoms with Crippen LogP contribution in [-0.2, 0) is 0 Å². The third kappa shape index (κ3) is 2.22. The average molecular weight is 295 g/mol. The van der Waals surface area contributed by atoms with Gasteiger partial charge >= 0.3 is 0 Å². The van der Waals surface area contributed by atoms with E-state index in [-0.39, 0.29) is 5.91 Å². The molecule has 3 aromatic rings. The van der Waals surface area contributed by atoms with Crippen LogP contribution in [0.4, 0.5) is 0 Å². The van der Waals surface area contributed by atoms with E-state index in [2.05, 4.69) is 0 Å². The van der Waals surface area contributed by atoms with Gasteiger partial charge in [0.2, 0.25) is 5.91 Å². The van der Waals surface area contributed by atoms with Crippen LogP contribution in [0.2, 0.25) is 0 Å². The Hall–Kier alpha value is -2.75. The molecule has 0 saturated carbocycles. The molecule has 3 rings (SSSR count). The maximum absolute atomic E-state index is 12.1. The maximum atomic E-state index is 12.1. The van der Waals surface area contributed by atoms with Crippen molar-refractivity contribution in [1.82, 2.24) is 4.57 Å². The normalized spacial score (nSPS) is 10.7. The Kier molecular flexibility index (Phi) is 3.59. The number of benzene rings is 2. The summed E-state index contributed by atoms with van der Waals surface area (Å²) in [6.07, 6.45) is 0. The summed E-state index contributed by atoms with van der Waals surface area (Å²) in [5.41, 5.74) is 2.56. The van der Waals surface area contributed by atoms with E-state index in [1.165, 1.54) is 0 Å². The minimum Gasteiger partial charge on any atom is -0.497 e. The highest BCUT2D eigenvalue weighted by atomic mass is 16.5. The van der Waals surface area contributed by atoms with E-state index in [0.717, 1.165) is 22.2 Å². The molecule has 0 fully saturated rings. The topological polar surface area (TPSA) is 40.5 Å². The van der Waals surface area contributed by atoms with Gasteiger partial charge in [-0.15, -0.1) is 0 Å². The second-order valence-corrected chi connectivity index (χ2v) is 5.01. The molecule has 0 unspecified atom stereocenters. The number of fused-ring (bicyclic) bond motifs is 1. The molecule has 1 aromatic heterocycles. The fourth-order valence-corrected chi connectivity index (χ4v) is 2.70. The molecule has 22 heavy (non-hydrogen) atoms. The molecule has 0 aliphatic heterocycles. The second-order valence-electron chi connectivity index (χ2n) is 5.01. The van der Waals surface area contributed by atoms with Crippen LogP contribution < -0.4 is 9.47 Å². The number of hydrogen-bond donors (Lipinski definition) is 0. The standard InChI is InChI=1S/C18H17NO3/c1-12(20)19-16-7-5-4-6-13(16)10-17(19)15-9-8-14(21-2)11-18(15)22-3/h4-11H,1-3H3. The van der Waals surface area contributed by atoms with Crippen molar-refractivity contribution in [3.63, 3.8) is 0 Å². The van der Waals surface area contributed by atoms with Crippen molar-refractivity contribution in [3.05, 3.63) is 48.5 Å². The molecule has 0 atom stereocenters. The summed E-state index contributed by atoms with van der Waals surface area (Å²) in [5, 5.41) is 1.02. The average Bonchev–Trinajstić information content (AvgIpc) is 2.93. The van der Waals surface area contributed by atoms with Gasteiger partial charge < -0.3 is 9.47 Å². The van der Waals surface area contributed by atoms with Gasteiger partial charge in [-0.25, -0.2) is 0 Å². The number of aromatic nitrogens is 1. The van der Waals surface area contributed by atoms with Gasteiger partial charge in [0, 0.05) is 23.9 Å². The fourth-order valence-electron chi connectivity index (χ4n) is 2.70. The molecule has 0 spiro atoms. The highest BCUT2D eigenvalue weighted by Crippen LogP contribution is 2.36. The Balaban J connectivity index is 2.30. The molecule has 4 nitrogen and oxygen atoms in total. The highest BCUT2D eigenvalue weighted by molar-refractivity contribution is 5.98. The van der Waals surface area contributed by atoms with Crippen LogP contribution in [-0.4, -0.2) is 24.7 Å². The van der Waals surface area contributed by atoms with Crippen molar-refractivity contribution < 1.29 is 14.3 Å². The zero-order valence-corrected chi connectivity index (χ0v) is 12.8. The van der Waals surface area contributed by atoms with Gasteiger partial charge in [-0.2, -0.15) is 0 Å². The minimum atomic E-state index is -0.0333. The van der Waals surface area contributed by atoms with Crippen LogP contribution in [0.5, 0.6) is 11.5 Å². The van der Waals surface area contributed by atoms with Crippen molar-refractivity contribution in [1.29, 1.82) is 0 Å². The van der Waals surface area contributed by atoms with Crippen molar-refractivity contribution in [2.24, 2.45) is 0 Å². The number of hydrogen-bond acceptors (Lipinski definition) is 3. The van der Waals surface area contributed by atoms with Crippen molar-refractivity contribution >= 4 is 16.8 Å². The Morgan fingerprint density at radius 2 is 1.77 bits per heavy atom. The number of nitrogens with zero attached hydrogens (tertiary/aromatic N) is 1. The van der Waals surface area contributed by atoms with Gasteiger partial charge in [0.25, 0.3) is 0 Å². The van der Waals surface area contributed by atoms with Crippen molar-refractivity contribution in [2.75, 3.05) is 14.2 Å². The molecule has 2 aromatic carbocycles. The molecular formula is C18H17NO3. The lowest BCUT2D eigenvalue weighted by Crippen LogP contribution is -2.07. The van der Waals surface area contributed by atoms with Crippen LogP contribution in [0, 0.1) is 0 Å². The molecular weight excluding hydrogens is 278 g/mol. The number of para-hydroxylation sites is 1. The Morgan fingerprint density at radius 3 is 2.45 bits per heavy atom. The summed E-state index contributed by atoms with van der Waals surface area (Å²) < 4.78 is 12.4. The predicted molar refractivity (Wildman–Crippen MR) is 86.8 cm³/mol. The Morgan fingerprint density at radius 1 is 1.00 bits per heavy atom. The summed E-state index contributed by atoms with van der Waals surface area (Å²) in [5.74, 6) is 1.35. The van der Waals surface area contributed by atoms with Crippen molar-refractivity contribution in [3.8, 4) is 22.8 Å². The molecule has 112 valence electrons. The first-order valence-corrected chi connectivity index (χ1v) is 6.99. The molecule has 0 aliphatic rings. The van der Waals surface area contributed by atoms with Gasteiger partial charge in [-0.05, 0) is 24.3 Å². The lowest BCUT2D eigenvalue weighted by Gasteiger charge is -2.12. The third-order valence-corrected chi connectivity index (χ3v) is 3.71. The van der Waals surface area contributed by atoms with Gasteiger partial charge in [-0.3, -0.25) is 9.36 Å². The minimum absolute atomic E-state index is 0.0333. The molecule has 0 amide bonds. The third-order valence-electron chi connectivity index (χ3n) is 3.71. The van der Waals surface area contributed by atoms with E-state index in [0.29, 0.717) is 11.5 Å². The molecule has 0 bridgehead atoms. The Bertz CT molecular complexity index is 849. The second kappa shape index (κ2) is 5.56. The van der Waals surface area contributed by atoms with Crippen LogP contribution in [0.25, 0.3) is 22.2 Å². The zero-order chi connectivity index (χ0) is 15.7. The molecule has 0 radical (unpaired) electrons. The first-order chi connectivity index (χ1) is 10.7. The van der Waals surface area contributed by atoms with Crippen molar-refractivity contribution in [2.45, 2.75) is 6.92 Å². The van der Waals surface area contributed by atoms with E-state index in [9.17, 15) is 4.79 Å². The number of carbonyl (C=O) groups is 1. The fraction of sp³-hybridized carbons (Fsp3) is 0.167. The summed E-state index contributed by atoms with van der Waals surface area (Å²) >= 11 is 0. The lowest BCUT2D eigenvalue weighted by atomic mass is 10.1. The van der Waals surface area contributed by atoms with E-state index in [1.54, 1.807) is 25.7 Å². The summed E-state index contributed by atoms with van der Waals surface area (Å²) in [4.78, 5) is 12.1. The van der Waals surface area contributed by atoms with Gasteiger partial charge in [0.05, 0.1) is 25.4 Å². The molecule has 0 saturated heterocycles. The van der Waals surface area contributed by atoms with E-state index >= 15 is 0 Å². The van der Waals surface area contributed by atoms with Crippen LogP contribution in [0.1, 0.15) is 11.7 Å². The van der Waals surface area contributed by atoms with E-state index in [1.807, 2.05) is 48.5 Å². The number of carbonyl (C=O) groups excluding carboxylic acids is 1. The van der Waals surface area contributed by atoms with Crippen LogP contribution >= 0.6 is 0 Å². The largest absolute Gasteiger partial charge is 0.497 e. The number of ether oxygens (including phenoxy) is 2. The highest BCUT2D eigenvalue weighted by Gasteiger charge is 2.17. The van der Waals surface area contributed by atoms with Gasteiger partial charge in [-0.1, -0.05) is 18.2 Å². The molecule has 0 aliphatic carbocycles. The maximum Gasteiger partial charge on any atom is 0.228 e. The molecule has 4 heteroatoms. The predicted octanol–water partition coefficient (Wildman–Crippen LogP) is 3.99. The molecule has 1 heterocycles.